The van der Waals surface area contributed by atoms with Gasteiger partial charge in [-0.2, -0.15) is 0 Å². The van der Waals surface area contributed by atoms with Crippen LogP contribution in [0, 0.1) is 0 Å². The molecule has 23 heavy (non-hydrogen) atoms. The number of benzene rings is 2. The normalized spacial score (nSPS) is 11.8. The first-order valence-corrected chi connectivity index (χ1v) is 9.20. The maximum Gasteiger partial charge on any atom is 0.175 e. The first-order valence-electron chi connectivity index (χ1n) is 7.99. The van der Waals surface area contributed by atoms with Gasteiger partial charge in [0.2, 0.25) is 0 Å². The van der Waals surface area contributed by atoms with Crippen molar-refractivity contribution in [3.8, 4) is 0 Å². The summed E-state index contributed by atoms with van der Waals surface area (Å²) < 4.78 is 1.08. The van der Waals surface area contributed by atoms with Crippen molar-refractivity contribution < 1.29 is 0 Å². The summed E-state index contributed by atoms with van der Waals surface area (Å²) in [6, 6.07) is 14.7. The molecule has 122 valence electrons. The van der Waals surface area contributed by atoms with Crippen molar-refractivity contribution in [2.45, 2.75) is 39.5 Å². The highest BCUT2D eigenvalue weighted by Crippen LogP contribution is 2.23. The second-order valence-corrected chi connectivity index (χ2v) is 6.99. The number of thiocarbonyl (C=S) groups is 1. The van der Waals surface area contributed by atoms with Crippen molar-refractivity contribution in [3.63, 3.8) is 0 Å². The zero-order chi connectivity index (χ0) is 16.8. The Kier molecular flexibility index (Phi) is 6.60. The molecular formula is C19H23BrN2S. The third-order valence-corrected chi connectivity index (χ3v) is 4.74. The molecular weight excluding hydrogens is 368 g/mol. The monoisotopic (exact) mass is 390 g/mol. The average molecular weight is 391 g/mol. The van der Waals surface area contributed by atoms with Crippen LogP contribution in [0.3, 0.4) is 0 Å². The van der Waals surface area contributed by atoms with Crippen LogP contribution in [0.15, 0.2) is 46.9 Å². The Morgan fingerprint density at radius 2 is 1.78 bits per heavy atom. The van der Waals surface area contributed by atoms with Gasteiger partial charge in [0, 0.05) is 15.8 Å². The topological polar surface area (TPSA) is 24.1 Å². The summed E-state index contributed by atoms with van der Waals surface area (Å²) in [4.78, 5) is 0. The van der Waals surface area contributed by atoms with Gasteiger partial charge >= 0.3 is 0 Å². The molecule has 0 aliphatic carbocycles. The molecule has 0 aliphatic rings. The maximum atomic E-state index is 5.43. The zero-order valence-electron chi connectivity index (χ0n) is 13.8. The van der Waals surface area contributed by atoms with Crippen LogP contribution in [0.5, 0.6) is 0 Å². The largest absolute Gasteiger partial charge is 0.332 e. The molecule has 0 saturated heterocycles. The highest BCUT2D eigenvalue weighted by Gasteiger charge is 2.06. The number of anilines is 2. The Morgan fingerprint density at radius 1 is 1.09 bits per heavy atom. The van der Waals surface area contributed by atoms with Crippen molar-refractivity contribution in [1.82, 2.24) is 0 Å². The van der Waals surface area contributed by atoms with Crippen LogP contribution in [0.2, 0.25) is 0 Å². The number of rotatable bonds is 5. The van der Waals surface area contributed by atoms with Gasteiger partial charge in [-0.15, -0.1) is 0 Å². The summed E-state index contributed by atoms with van der Waals surface area (Å²) in [6.07, 6.45) is 2.10. The minimum Gasteiger partial charge on any atom is -0.332 e. The molecule has 0 fully saturated rings. The van der Waals surface area contributed by atoms with E-state index in [0.29, 0.717) is 11.0 Å². The van der Waals surface area contributed by atoms with E-state index < -0.39 is 0 Å². The third kappa shape index (κ3) is 5.05. The van der Waals surface area contributed by atoms with Gasteiger partial charge in [0.25, 0.3) is 0 Å². The smallest absolute Gasteiger partial charge is 0.175 e. The van der Waals surface area contributed by atoms with E-state index in [-0.39, 0.29) is 0 Å². The number of hydrogen-bond donors (Lipinski definition) is 2. The molecule has 0 spiro atoms. The standard InChI is InChI=1S/C19H23BrN2S/c1-4-13(3)15-6-9-17(10-7-15)21-19(23)22-18-11-8-16(20)12-14(18)5-2/h6-13H,4-5H2,1-3H3,(H2,21,22,23). The molecule has 1 unspecified atom stereocenters. The van der Waals surface area contributed by atoms with E-state index >= 15 is 0 Å². The highest BCUT2D eigenvalue weighted by atomic mass is 79.9. The van der Waals surface area contributed by atoms with E-state index in [4.69, 9.17) is 12.2 Å². The second-order valence-electron chi connectivity index (χ2n) is 5.67. The van der Waals surface area contributed by atoms with Gasteiger partial charge < -0.3 is 10.6 Å². The predicted molar refractivity (Wildman–Crippen MR) is 109 cm³/mol. The number of hydrogen-bond acceptors (Lipinski definition) is 1. The van der Waals surface area contributed by atoms with Crippen molar-refractivity contribution in [2.24, 2.45) is 0 Å². The van der Waals surface area contributed by atoms with Crippen LogP contribution in [-0.4, -0.2) is 5.11 Å². The lowest BCUT2D eigenvalue weighted by atomic mass is 9.99. The Labute approximate surface area is 152 Å². The van der Waals surface area contributed by atoms with Gasteiger partial charge in [-0.1, -0.05) is 48.8 Å². The van der Waals surface area contributed by atoms with Gasteiger partial charge in [0.15, 0.2) is 5.11 Å². The lowest BCUT2D eigenvalue weighted by Crippen LogP contribution is -2.19. The summed E-state index contributed by atoms with van der Waals surface area (Å²) in [6.45, 7) is 6.59. The molecule has 0 amide bonds. The number of halogens is 1. The molecule has 2 rings (SSSR count). The van der Waals surface area contributed by atoms with Gasteiger partial charge in [-0.25, -0.2) is 0 Å². The van der Waals surface area contributed by atoms with Crippen LogP contribution < -0.4 is 10.6 Å². The molecule has 2 N–H and O–H groups in total. The first kappa shape index (κ1) is 18.0. The van der Waals surface area contributed by atoms with E-state index in [1.165, 1.54) is 11.1 Å². The fourth-order valence-corrected chi connectivity index (χ4v) is 3.03. The minimum absolute atomic E-state index is 0.587. The fraction of sp³-hybridized carbons (Fsp3) is 0.316. The van der Waals surface area contributed by atoms with Crippen LogP contribution in [0.25, 0.3) is 0 Å². The Hall–Kier alpha value is -1.39. The Bertz CT molecular complexity index is 668. The van der Waals surface area contributed by atoms with Gasteiger partial charge in [0.05, 0.1) is 0 Å². The highest BCUT2D eigenvalue weighted by molar-refractivity contribution is 9.10. The summed E-state index contributed by atoms with van der Waals surface area (Å²) >= 11 is 8.94. The van der Waals surface area contributed by atoms with Crippen molar-refractivity contribution in [2.75, 3.05) is 10.6 Å². The molecule has 2 aromatic carbocycles. The molecule has 0 radical (unpaired) electrons. The molecule has 0 saturated carbocycles. The van der Waals surface area contributed by atoms with E-state index in [0.717, 1.165) is 28.7 Å². The van der Waals surface area contributed by atoms with Crippen molar-refractivity contribution in [1.29, 1.82) is 0 Å². The van der Waals surface area contributed by atoms with E-state index in [9.17, 15) is 0 Å². The summed E-state index contributed by atoms with van der Waals surface area (Å²) in [5, 5.41) is 7.14. The van der Waals surface area contributed by atoms with Crippen LogP contribution in [0.1, 0.15) is 44.2 Å². The Balaban J connectivity index is 2.02. The lowest BCUT2D eigenvalue weighted by molar-refractivity contribution is 0.734. The average Bonchev–Trinajstić information content (AvgIpc) is 2.56. The van der Waals surface area contributed by atoms with E-state index in [1.54, 1.807) is 0 Å². The molecule has 4 heteroatoms. The van der Waals surface area contributed by atoms with Crippen molar-refractivity contribution >= 4 is 44.6 Å². The van der Waals surface area contributed by atoms with Crippen LogP contribution in [0.4, 0.5) is 11.4 Å². The molecule has 0 bridgehead atoms. The number of nitrogens with one attached hydrogen (secondary N) is 2. The lowest BCUT2D eigenvalue weighted by Gasteiger charge is -2.15. The summed E-state index contributed by atoms with van der Waals surface area (Å²) in [5.41, 5.74) is 4.64. The number of aryl methyl sites for hydroxylation is 1. The van der Waals surface area contributed by atoms with Gasteiger partial charge in [-0.05, 0) is 72.4 Å². The fourth-order valence-electron chi connectivity index (χ4n) is 2.39. The van der Waals surface area contributed by atoms with Crippen LogP contribution in [-0.2, 0) is 6.42 Å². The van der Waals surface area contributed by atoms with Crippen LogP contribution >= 0.6 is 28.1 Å². The minimum atomic E-state index is 0.587. The Morgan fingerprint density at radius 3 is 2.39 bits per heavy atom. The quantitative estimate of drug-likeness (QED) is 0.582. The van der Waals surface area contributed by atoms with Crippen molar-refractivity contribution in [3.05, 3.63) is 58.1 Å². The predicted octanol–water partition coefficient (Wildman–Crippen LogP) is 6.33. The molecule has 0 aliphatic heterocycles. The van der Waals surface area contributed by atoms with Gasteiger partial charge in [0.1, 0.15) is 0 Å². The maximum absolute atomic E-state index is 5.43. The van der Waals surface area contributed by atoms with Gasteiger partial charge in [-0.3, -0.25) is 0 Å². The molecule has 2 nitrogen and oxygen atoms in total. The third-order valence-electron chi connectivity index (χ3n) is 4.05. The zero-order valence-corrected chi connectivity index (χ0v) is 16.2. The molecule has 0 heterocycles. The van der Waals surface area contributed by atoms with E-state index in [1.807, 2.05) is 12.1 Å². The first-order chi connectivity index (χ1) is 11.0. The SMILES string of the molecule is CCc1cc(Br)ccc1NC(=S)Nc1ccc(C(C)CC)cc1. The van der Waals surface area contributed by atoms with E-state index in [2.05, 4.69) is 77.7 Å². The summed E-state index contributed by atoms with van der Waals surface area (Å²) in [7, 11) is 0. The second kappa shape index (κ2) is 8.46. The molecule has 2 aromatic rings. The summed E-state index contributed by atoms with van der Waals surface area (Å²) in [5.74, 6) is 0.587. The molecule has 1 atom stereocenters. The molecule has 0 aromatic heterocycles.